The monoisotopic (exact) mass is 318 g/mol. The fourth-order valence-corrected chi connectivity index (χ4v) is 4.94. The fraction of sp³-hybridized carbons (Fsp3) is 0.667. The van der Waals surface area contributed by atoms with E-state index in [-0.39, 0.29) is 10.3 Å². The van der Waals surface area contributed by atoms with Crippen LogP contribution in [0.5, 0.6) is 0 Å². The maximum atomic E-state index is 12.3. The maximum absolute atomic E-state index is 12.3. The molecule has 1 aromatic rings. The first-order valence-corrected chi connectivity index (χ1v) is 8.86. The molecule has 1 saturated carbocycles. The molecule has 3 atom stereocenters. The van der Waals surface area contributed by atoms with Crippen molar-refractivity contribution in [3.63, 3.8) is 0 Å². The van der Waals surface area contributed by atoms with Gasteiger partial charge in [0.2, 0.25) is 0 Å². The molecule has 0 aromatic carbocycles. The summed E-state index contributed by atoms with van der Waals surface area (Å²) < 4.78 is 27.0. The van der Waals surface area contributed by atoms with E-state index in [4.69, 9.17) is 5.11 Å². The normalized spacial score (nSPS) is 27.4. The molecule has 2 rings (SSSR count). The SMILES string of the molecule is CC1CCC(NS(=O)(=O)c2scnc2C(=O)O)CC1C. The molecule has 0 aliphatic heterocycles. The van der Waals surface area contributed by atoms with Crippen LogP contribution in [0.15, 0.2) is 9.72 Å². The lowest BCUT2D eigenvalue weighted by molar-refractivity contribution is 0.0687. The van der Waals surface area contributed by atoms with Gasteiger partial charge >= 0.3 is 5.97 Å². The van der Waals surface area contributed by atoms with Gasteiger partial charge in [-0.15, -0.1) is 11.3 Å². The molecule has 20 heavy (non-hydrogen) atoms. The van der Waals surface area contributed by atoms with Gasteiger partial charge in [-0.05, 0) is 31.1 Å². The number of hydrogen-bond donors (Lipinski definition) is 2. The van der Waals surface area contributed by atoms with Crippen LogP contribution < -0.4 is 4.72 Å². The molecule has 6 nitrogen and oxygen atoms in total. The minimum absolute atomic E-state index is 0.130. The van der Waals surface area contributed by atoms with Gasteiger partial charge in [0.25, 0.3) is 10.0 Å². The van der Waals surface area contributed by atoms with Crippen molar-refractivity contribution in [2.75, 3.05) is 0 Å². The van der Waals surface area contributed by atoms with E-state index in [0.29, 0.717) is 11.8 Å². The minimum atomic E-state index is -3.81. The number of aromatic carboxylic acids is 1. The summed E-state index contributed by atoms with van der Waals surface area (Å²) in [6.07, 6.45) is 2.54. The highest BCUT2D eigenvalue weighted by molar-refractivity contribution is 7.91. The van der Waals surface area contributed by atoms with Crippen molar-refractivity contribution in [3.8, 4) is 0 Å². The molecule has 1 aliphatic rings. The lowest BCUT2D eigenvalue weighted by atomic mass is 9.79. The van der Waals surface area contributed by atoms with Crippen molar-refractivity contribution in [1.82, 2.24) is 9.71 Å². The van der Waals surface area contributed by atoms with Crippen molar-refractivity contribution in [2.45, 2.75) is 43.4 Å². The van der Waals surface area contributed by atoms with E-state index >= 15 is 0 Å². The van der Waals surface area contributed by atoms with Crippen LogP contribution in [0, 0.1) is 11.8 Å². The molecule has 1 aromatic heterocycles. The zero-order chi connectivity index (χ0) is 14.9. The Kier molecular flexibility index (Phi) is 4.46. The third-order valence-corrected chi connectivity index (χ3v) is 6.79. The molecule has 0 saturated heterocycles. The molecular formula is C12H18N2O4S2. The smallest absolute Gasteiger partial charge is 0.356 e. The molecule has 1 heterocycles. The largest absolute Gasteiger partial charge is 0.476 e. The second kappa shape index (κ2) is 5.79. The fourth-order valence-electron chi connectivity index (χ4n) is 2.50. The van der Waals surface area contributed by atoms with Gasteiger partial charge in [-0.3, -0.25) is 0 Å². The van der Waals surface area contributed by atoms with Gasteiger partial charge in [0.1, 0.15) is 0 Å². The summed E-state index contributed by atoms with van der Waals surface area (Å²) in [5.41, 5.74) is 0.837. The van der Waals surface area contributed by atoms with Crippen LogP contribution in [-0.2, 0) is 10.0 Å². The van der Waals surface area contributed by atoms with Gasteiger partial charge in [0.05, 0.1) is 5.51 Å². The van der Waals surface area contributed by atoms with E-state index in [1.165, 1.54) is 5.51 Å². The summed E-state index contributed by atoms with van der Waals surface area (Å²) >= 11 is 0.832. The molecule has 8 heteroatoms. The standard InChI is InChI=1S/C12H18N2O4S2/c1-7-3-4-9(5-8(7)2)14-20(17,18)12-10(11(15)16)13-6-19-12/h6-9,14H,3-5H2,1-2H3,(H,15,16). The van der Waals surface area contributed by atoms with E-state index in [0.717, 1.165) is 30.6 Å². The lowest BCUT2D eigenvalue weighted by Gasteiger charge is -2.32. The van der Waals surface area contributed by atoms with Crippen molar-refractivity contribution < 1.29 is 18.3 Å². The van der Waals surface area contributed by atoms with Gasteiger partial charge in [0.15, 0.2) is 9.90 Å². The predicted octanol–water partition coefficient (Wildman–Crippen LogP) is 1.94. The Morgan fingerprint density at radius 1 is 1.40 bits per heavy atom. The Labute approximate surface area is 122 Å². The number of carboxylic acids is 1. The molecule has 3 unspecified atom stereocenters. The van der Waals surface area contributed by atoms with Gasteiger partial charge < -0.3 is 5.11 Å². The van der Waals surface area contributed by atoms with Crippen molar-refractivity contribution in [2.24, 2.45) is 11.8 Å². The number of nitrogens with one attached hydrogen (secondary N) is 1. The van der Waals surface area contributed by atoms with Crippen LogP contribution >= 0.6 is 11.3 Å². The Bertz CT molecular complexity index is 596. The van der Waals surface area contributed by atoms with Gasteiger partial charge in [-0.1, -0.05) is 13.8 Å². The first-order valence-electron chi connectivity index (χ1n) is 6.50. The van der Waals surface area contributed by atoms with E-state index < -0.39 is 21.7 Å². The van der Waals surface area contributed by atoms with Crippen molar-refractivity contribution >= 4 is 27.3 Å². The van der Waals surface area contributed by atoms with Gasteiger partial charge in [0, 0.05) is 6.04 Å². The van der Waals surface area contributed by atoms with Crippen LogP contribution in [0.25, 0.3) is 0 Å². The number of thiazole rings is 1. The quantitative estimate of drug-likeness (QED) is 0.884. The Morgan fingerprint density at radius 2 is 2.10 bits per heavy atom. The molecule has 112 valence electrons. The maximum Gasteiger partial charge on any atom is 0.356 e. The number of carbonyl (C=O) groups is 1. The van der Waals surface area contributed by atoms with Crippen molar-refractivity contribution in [1.29, 1.82) is 0 Å². The zero-order valence-corrected chi connectivity index (χ0v) is 13.0. The molecule has 0 spiro atoms. The summed E-state index contributed by atoms with van der Waals surface area (Å²) in [7, 11) is -3.81. The van der Waals surface area contributed by atoms with E-state index in [2.05, 4.69) is 23.6 Å². The number of hydrogen-bond acceptors (Lipinski definition) is 5. The summed E-state index contributed by atoms with van der Waals surface area (Å²) in [6, 6.07) is -0.130. The summed E-state index contributed by atoms with van der Waals surface area (Å²) in [5, 5.41) is 8.95. The van der Waals surface area contributed by atoms with Crippen LogP contribution in [-0.4, -0.2) is 30.5 Å². The van der Waals surface area contributed by atoms with Crippen LogP contribution in [0.2, 0.25) is 0 Å². The number of nitrogens with zero attached hydrogens (tertiary/aromatic N) is 1. The number of aromatic nitrogens is 1. The summed E-state index contributed by atoms with van der Waals surface area (Å²) in [5.74, 6) is -0.275. The highest BCUT2D eigenvalue weighted by Gasteiger charge is 2.31. The molecule has 2 N–H and O–H groups in total. The number of sulfonamides is 1. The van der Waals surface area contributed by atoms with E-state index in [1.54, 1.807) is 0 Å². The third kappa shape index (κ3) is 3.18. The molecule has 0 amide bonds. The predicted molar refractivity (Wildman–Crippen MR) is 75.4 cm³/mol. The first-order chi connectivity index (χ1) is 9.31. The second-order valence-electron chi connectivity index (χ2n) is 5.38. The zero-order valence-electron chi connectivity index (χ0n) is 11.4. The number of carboxylic acid groups (broad SMARTS) is 1. The van der Waals surface area contributed by atoms with Gasteiger partial charge in [-0.2, -0.15) is 0 Å². The Morgan fingerprint density at radius 3 is 2.70 bits per heavy atom. The Hall–Kier alpha value is -0.990. The average Bonchev–Trinajstić information content (AvgIpc) is 2.83. The third-order valence-electron chi connectivity index (χ3n) is 3.90. The highest BCUT2D eigenvalue weighted by Crippen LogP contribution is 2.30. The second-order valence-corrected chi connectivity index (χ2v) is 8.14. The topological polar surface area (TPSA) is 96.4 Å². The molecule has 1 aliphatic carbocycles. The summed E-state index contributed by atoms with van der Waals surface area (Å²) in [6.45, 7) is 4.28. The molecular weight excluding hydrogens is 300 g/mol. The number of rotatable bonds is 4. The van der Waals surface area contributed by atoms with Crippen LogP contribution in [0.3, 0.4) is 0 Å². The molecule has 0 bridgehead atoms. The minimum Gasteiger partial charge on any atom is -0.476 e. The first kappa shape index (κ1) is 15.4. The van der Waals surface area contributed by atoms with Crippen LogP contribution in [0.1, 0.15) is 43.6 Å². The Balaban J connectivity index is 2.15. The molecule has 1 fully saturated rings. The highest BCUT2D eigenvalue weighted by atomic mass is 32.2. The van der Waals surface area contributed by atoms with E-state index in [1.807, 2.05) is 0 Å². The summed E-state index contributed by atoms with van der Waals surface area (Å²) in [4.78, 5) is 14.6. The van der Waals surface area contributed by atoms with Crippen molar-refractivity contribution in [3.05, 3.63) is 11.2 Å². The average molecular weight is 318 g/mol. The lowest BCUT2D eigenvalue weighted by Crippen LogP contribution is -2.39. The van der Waals surface area contributed by atoms with Crippen LogP contribution in [0.4, 0.5) is 0 Å². The van der Waals surface area contributed by atoms with E-state index in [9.17, 15) is 13.2 Å². The van der Waals surface area contributed by atoms with Gasteiger partial charge in [-0.25, -0.2) is 22.9 Å². The molecule has 0 radical (unpaired) electrons.